The largest absolute Gasteiger partial charge is 0.481 e. The maximum absolute atomic E-state index is 14.6. The average molecular weight is 1190 g/mol. The minimum atomic E-state index is -5.40. The lowest BCUT2D eigenvalue weighted by Crippen LogP contribution is -2.63. The zero-order chi connectivity index (χ0) is 59.1. The molecule has 3 saturated heterocycles. The van der Waals surface area contributed by atoms with Crippen LogP contribution in [0.15, 0.2) is 71.1 Å². The number of hydrogen-bond donors (Lipinski definition) is 8. The number of nitrogens with zero attached hydrogens (tertiary/aromatic N) is 5. The molecule has 10 atom stereocenters. The molecule has 82 heavy (non-hydrogen) atoms. The van der Waals surface area contributed by atoms with E-state index in [-0.39, 0.29) is 105 Å². The van der Waals surface area contributed by atoms with Crippen LogP contribution in [-0.2, 0) is 59.8 Å². The second-order valence-electron chi connectivity index (χ2n) is 20.5. The Kier molecular flexibility index (Phi) is 19.5. The molecule has 0 radical (unpaired) electrons. The number of benzene rings is 2. The number of allylic oxidation sites excluding steroid dienone is 1. The number of carbonyl (C=O) groups is 5. The molecule has 2 aromatic carbocycles. The fourth-order valence-corrected chi connectivity index (χ4v) is 12.0. The first-order valence-electron chi connectivity index (χ1n) is 26.3. The van der Waals surface area contributed by atoms with Gasteiger partial charge < -0.3 is 51.4 Å². The second kappa shape index (κ2) is 26.0. The summed E-state index contributed by atoms with van der Waals surface area (Å²) in [5.74, 6) is -2.43. The number of carboxylic acid groups (broad SMARTS) is 1. The number of hydrogen-bond acceptors (Lipinski definition) is 15. The number of amides is 4. The number of aromatic nitrogens is 3. The second-order valence-corrected chi connectivity index (χ2v) is 21.8. The Labute approximate surface area is 466 Å². The highest BCUT2D eigenvalue weighted by Crippen LogP contribution is 2.52. The lowest BCUT2D eigenvalue weighted by molar-refractivity contribution is -0.268. The maximum Gasteiger partial charge on any atom is 0.442 e. The van der Waals surface area contributed by atoms with Crippen molar-refractivity contribution in [3.05, 3.63) is 88.6 Å². The van der Waals surface area contributed by atoms with Crippen LogP contribution in [0.25, 0.3) is 17.3 Å². The Hall–Kier alpha value is -6.47. The molecule has 4 fully saturated rings. The highest BCUT2D eigenvalue weighted by molar-refractivity contribution is 8.00. The molecular formula is C52H59F9N10O10S. The van der Waals surface area contributed by atoms with Gasteiger partial charge in [0.15, 0.2) is 6.29 Å². The summed E-state index contributed by atoms with van der Waals surface area (Å²) in [6, 6.07) is 4.56. The molecular weight excluding hydrogens is 1130 g/mol. The van der Waals surface area contributed by atoms with Gasteiger partial charge >= 0.3 is 36.2 Å². The number of aliphatic hydroxyl groups is 2. The van der Waals surface area contributed by atoms with E-state index < -0.39 is 107 Å². The van der Waals surface area contributed by atoms with Crippen LogP contribution in [0, 0.1) is 11.8 Å². The summed E-state index contributed by atoms with van der Waals surface area (Å²) in [5.41, 5.74) is -8.56. The van der Waals surface area contributed by atoms with Crippen molar-refractivity contribution >= 4 is 47.4 Å². The number of ether oxygens (including phenoxy) is 2. The van der Waals surface area contributed by atoms with Gasteiger partial charge in [0.25, 0.3) is 0 Å². The number of halogens is 9. The highest BCUT2D eigenvalue weighted by Gasteiger charge is 2.65. The van der Waals surface area contributed by atoms with Crippen LogP contribution in [0.4, 0.5) is 44.3 Å². The van der Waals surface area contributed by atoms with E-state index in [1.54, 1.807) is 23.9 Å². The number of nitrogens with one attached hydrogen (secondary N) is 5. The van der Waals surface area contributed by atoms with E-state index in [0.717, 1.165) is 29.5 Å². The molecule has 5 heterocycles. The number of aliphatic hydroxyl groups excluding tert-OH is 2. The Morgan fingerprint density at radius 1 is 0.927 bits per heavy atom. The van der Waals surface area contributed by atoms with Crippen LogP contribution in [0.1, 0.15) is 85.6 Å². The Bertz CT molecular complexity index is 2850. The van der Waals surface area contributed by atoms with Gasteiger partial charge in [-0.3, -0.25) is 19.2 Å². The molecule has 8 rings (SSSR count). The SMILES string of the molecule is O=C(O)C[C@H]1CCC(=O)[C@@H]1C/C=C\CCO[C@@H]1O[C@H](Cn2cc(-c3cc(C(F)(F)F)c(/C=C/C(=O)NCCNC(=O)CCCC[C@@H]4SC[C@@H]5NC(=O)N[C@@H]54)c(C(F)(F)F)c3)nn2)[C@H](O)[C@H](O)[C@H]1NCc1ccc(C2(C(F)(F)F)N=N2)cc1. The van der Waals surface area contributed by atoms with Gasteiger partial charge in [-0.15, -0.1) is 15.3 Å². The molecule has 0 bridgehead atoms. The van der Waals surface area contributed by atoms with Crippen LogP contribution >= 0.6 is 11.8 Å². The van der Waals surface area contributed by atoms with Gasteiger partial charge in [0.2, 0.25) is 11.8 Å². The molecule has 20 nitrogen and oxygen atoms in total. The molecule has 0 unspecified atom stereocenters. The topological polar surface area (TPSA) is 280 Å². The lowest BCUT2D eigenvalue weighted by Gasteiger charge is -2.43. The molecule has 4 amide bonds. The smallest absolute Gasteiger partial charge is 0.442 e. The number of rotatable bonds is 25. The maximum atomic E-state index is 14.6. The van der Waals surface area contributed by atoms with E-state index in [0.29, 0.717) is 42.7 Å². The number of thioether (sulfide) groups is 1. The number of Topliss-reactive ketones (excluding diaryl/α,β-unsaturated/α-hetero) is 1. The minimum Gasteiger partial charge on any atom is -0.481 e. The molecule has 0 spiro atoms. The minimum absolute atomic E-state index is 0.0296. The predicted molar refractivity (Wildman–Crippen MR) is 273 cm³/mol. The standard InChI is InChI=1S/C52H59F9N10O10S/c53-50(54,55)33-20-29(21-34(51(56,57)58)32(33)14-16-41(74)63-18-17-62-40(73)8-4-3-7-39-43-36(26-82-39)65-48(79)66-43)35-24-71(70-67-35)25-38-45(77)46(78)44(64-23-27-9-12-30(13-10-27)49(68-69-49)52(59,60)61)47(81-38)80-19-5-1-2-6-31-28(22-42(75)76)11-15-37(31)72/h1-2,9-10,12-14,16,20-21,24,28,31,36,38-39,43-47,64,77-78H,3-8,11,15,17-19,22-23,25-26H2,(H,62,73)(H,63,74)(H,75,76)(H2,65,66,79)/b2-1-,16-14+/t28-,31-,36+,38-,39+,43+,44-,45+,46-,47-/m1/s1. The number of aliphatic carboxylic acids is 1. The average Bonchev–Trinajstić information content (AvgIpc) is 3.86. The van der Waals surface area contributed by atoms with E-state index >= 15 is 0 Å². The predicted octanol–water partition coefficient (Wildman–Crippen LogP) is 6.16. The van der Waals surface area contributed by atoms with Crippen LogP contribution in [0.5, 0.6) is 0 Å². The lowest BCUT2D eigenvalue weighted by atomic mass is 9.89. The van der Waals surface area contributed by atoms with Gasteiger partial charge in [0, 0.05) is 73.0 Å². The number of carboxylic acids is 1. The van der Waals surface area contributed by atoms with Crippen LogP contribution in [0.2, 0.25) is 0 Å². The van der Waals surface area contributed by atoms with Gasteiger partial charge in [0.1, 0.15) is 29.8 Å². The van der Waals surface area contributed by atoms with Crippen molar-refractivity contribution in [2.24, 2.45) is 22.1 Å². The van der Waals surface area contributed by atoms with Gasteiger partial charge in [-0.2, -0.15) is 51.3 Å². The van der Waals surface area contributed by atoms with E-state index in [9.17, 15) is 78.8 Å². The molecule has 1 saturated carbocycles. The number of alkyl halides is 9. The molecule has 446 valence electrons. The number of urea groups is 1. The van der Waals surface area contributed by atoms with Gasteiger partial charge in [-0.1, -0.05) is 48.1 Å². The van der Waals surface area contributed by atoms with Gasteiger partial charge in [0.05, 0.1) is 48.6 Å². The van der Waals surface area contributed by atoms with E-state index in [1.807, 2.05) is 0 Å². The summed E-state index contributed by atoms with van der Waals surface area (Å²) in [5, 5.41) is 60.0. The third-order valence-electron chi connectivity index (χ3n) is 14.8. The van der Waals surface area contributed by atoms with Crippen LogP contribution < -0.4 is 26.6 Å². The summed E-state index contributed by atoms with van der Waals surface area (Å²) in [7, 11) is 0. The third kappa shape index (κ3) is 15.2. The van der Waals surface area contributed by atoms with Crippen molar-refractivity contribution in [3.8, 4) is 11.3 Å². The highest BCUT2D eigenvalue weighted by atomic mass is 32.2. The first kappa shape index (κ1) is 61.6. The number of unbranched alkanes of at least 4 members (excludes halogenated alkanes) is 1. The summed E-state index contributed by atoms with van der Waals surface area (Å²) >= 11 is 1.74. The van der Waals surface area contributed by atoms with Crippen LogP contribution in [-0.4, -0.2) is 140 Å². The molecule has 5 aliphatic rings. The monoisotopic (exact) mass is 1190 g/mol. The quantitative estimate of drug-likeness (QED) is 0.0155. The molecule has 4 aliphatic heterocycles. The van der Waals surface area contributed by atoms with Crippen molar-refractivity contribution in [3.63, 3.8) is 0 Å². The summed E-state index contributed by atoms with van der Waals surface area (Å²) < 4.78 is 142. The number of carbonyl (C=O) groups excluding carboxylic acids is 4. The summed E-state index contributed by atoms with van der Waals surface area (Å²) in [6.45, 7) is -0.974. The molecule has 1 aromatic heterocycles. The van der Waals surface area contributed by atoms with Gasteiger partial charge in [-0.25, -0.2) is 9.48 Å². The summed E-state index contributed by atoms with van der Waals surface area (Å²) in [6.07, 6.45) is -13.3. The van der Waals surface area contributed by atoms with Crippen molar-refractivity contribution < 1.29 is 88.3 Å². The fourth-order valence-electron chi connectivity index (χ4n) is 10.5. The number of fused-ring (bicyclic) bond motifs is 1. The molecule has 30 heteroatoms. The van der Waals surface area contributed by atoms with E-state index in [1.165, 1.54) is 24.3 Å². The van der Waals surface area contributed by atoms with Gasteiger partial charge in [-0.05, 0) is 67.4 Å². The normalized spacial score (nSPS) is 26.1. The van der Waals surface area contributed by atoms with Crippen molar-refractivity contribution in [1.29, 1.82) is 0 Å². The molecule has 3 aromatic rings. The van der Waals surface area contributed by atoms with Crippen LogP contribution in [0.3, 0.4) is 0 Å². The Balaban J connectivity index is 0.894. The molecule has 1 aliphatic carbocycles. The zero-order valence-corrected chi connectivity index (χ0v) is 44.3. The van der Waals surface area contributed by atoms with Crippen molar-refractivity contribution in [2.45, 2.75) is 143 Å². The summed E-state index contributed by atoms with van der Waals surface area (Å²) in [4.78, 5) is 60.4. The zero-order valence-electron chi connectivity index (χ0n) is 43.5. The Morgan fingerprint density at radius 2 is 1.63 bits per heavy atom. The first-order valence-corrected chi connectivity index (χ1v) is 27.4. The molecule has 8 N–H and O–H groups in total. The van der Waals surface area contributed by atoms with E-state index in [2.05, 4.69) is 47.1 Å². The van der Waals surface area contributed by atoms with Crippen molar-refractivity contribution in [2.75, 3.05) is 25.4 Å². The first-order chi connectivity index (χ1) is 38.8. The van der Waals surface area contributed by atoms with E-state index in [4.69, 9.17) is 9.47 Å². The van der Waals surface area contributed by atoms with Crippen molar-refractivity contribution in [1.82, 2.24) is 41.6 Å². The number of ketones is 1. The fraction of sp³-hybridized carbons (Fsp3) is 0.558. The third-order valence-corrected chi connectivity index (χ3v) is 16.3. The Morgan fingerprint density at radius 3 is 2.30 bits per heavy atom.